The first-order valence-corrected chi connectivity index (χ1v) is 9.54. The summed E-state index contributed by atoms with van der Waals surface area (Å²) in [6.45, 7) is 2.04. The predicted octanol–water partition coefficient (Wildman–Crippen LogP) is 2.80. The fourth-order valence-electron chi connectivity index (χ4n) is 4.14. The van der Waals surface area contributed by atoms with Crippen LogP contribution in [0.2, 0.25) is 0 Å². The summed E-state index contributed by atoms with van der Waals surface area (Å²) < 4.78 is 1.90. The van der Waals surface area contributed by atoms with Crippen molar-refractivity contribution in [1.82, 2.24) is 19.4 Å². The molecule has 0 atom stereocenters. The van der Waals surface area contributed by atoms with Crippen LogP contribution in [0.25, 0.3) is 11.0 Å². The zero-order chi connectivity index (χ0) is 17.2. The molecule has 1 saturated carbocycles. The molecule has 0 amide bonds. The van der Waals surface area contributed by atoms with Crippen LogP contribution in [-0.4, -0.2) is 45.6 Å². The van der Waals surface area contributed by atoms with Gasteiger partial charge in [0.15, 0.2) is 0 Å². The quantitative estimate of drug-likeness (QED) is 0.930. The molecule has 1 aliphatic carbocycles. The van der Waals surface area contributed by atoms with E-state index in [4.69, 9.17) is 4.98 Å². The molecule has 0 spiro atoms. The Hall–Kier alpha value is -1.95. The molecule has 0 aromatic carbocycles. The number of nitrogens with one attached hydrogen (secondary N) is 1. The molecule has 1 N–H and O–H groups in total. The molecule has 25 heavy (non-hydrogen) atoms. The van der Waals surface area contributed by atoms with E-state index in [1.165, 1.54) is 32.1 Å². The lowest BCUT2D eigenvalue weighted by molar-refractivity contribution is 0.221. The zero-order valence-electron chi connectivity index (χ0n) is 14.9. The van der Waals surface area contributed by atoms with Crippen molar-refractivity contribution in [2.75, 3.05) is 25.5 Å². The van der Waals surface area contributed by atoms with Gasteiger partial charge < -0.3 is 10.2 Å². The molecule has 0 radical (unpaired) electrons. The van der Waals surface area contributed by atoms with Gasteiger partial charge in [-0.1, -0.05) is 19.3 Å². The second-order valence-corrected chi connectivity index (χ2v) is 7.53. The number of rotatable bonds is 3. The molecule has 0 unspecified atom stereocenters. The summed E-state index contributed by atoms with van der Waals surface area (Å²) >= 11 is 0. The first-order chi connectivity index (χ1) is 12.2. The summed E-state index contributed by atoms with van der Waals surface area (Å²) in [5.74, 6) is 0.659. The Bertz CT molecular complexity index is 788. The number of hydrogen-bond donors (Lipinski definition) is 1. The number of fused-ring (bicyclic) bond motifs is 1. The number of pyridine rings is 1. The van der Waals surface area contributed by atoms with Crippen LogP contribution in [0, 0.1) is 0 Å². The summed E-state index contributed by atoms with van der Waals surface area (Å²) in [4.78, 5) is 24.1. The highest BCUT2D eigenvalue weighted by Gasteiger charge is 2.22. The third-order valence-corrected chi connectivity index (χ3v) is 5.66. The number of piperidine rings is 1. The Balaban J connectivity index is 1.67. The molecule has 6 nitrogen and oxygen atoms in total. The Labute approximate surface area is 148 Å². The van der Waals surface area contributed by atoms with Crippen LogP contribution < -0.4 is 10.9 Å². The first kappa shape index (κ1) is 16.5. The molecule has 4 rings (SSSR count). The highest BCUT2D eigenvalue weighted by Crippen LogP contribution is 2.25. The molecule has 2 aliphatic rings. The molecular weight excluding hydrogens is 314 g/mol. The van der Waals surface area contributed by atoms with Crippen molar-refractivity contribution in [3.05, 3.63) is 28.7 Å². The monoisotopic (exact) mass is 341 g/mol. The van der Waals surface area contributed by atoms with Gasteiger partial charge in [0.25, 0.3) is 5.56 Å². The average molecular weight is 341 g/mol. The molecule has 1 aliphatic heterocycles. The average Bonchev–Trinajstić information content (AvgIpc) is 2.64. The zero-order valence-corrected chi connectivity index (χ0v) is 14.9. The number of hydrogen-bond acceptors (Lipinski definition) is 5. The molecule has 2 fully saturated rings. The molecule has 134 valence electrons. The number of likely N-dealkylation sites (tertiary alicyclic amines) is 1. The topological polar surface area (TPSA) is 63.1 Å². The van der Waals surface area contributed by atoms with Gasteiger partial charge in [0.1, 0.15) is 5.65 Å². The highest BCUT2D eigenvalue weighted by molar-refractivity contribution is 5.75. The lowest BCUT2D eigenvalue weighted by atomic mass is 9.96. The number of aromatic nitrogens is 3. The van der Waals surface area contributed by atoms with E-state index in [1.54, 1.807) is 6.07 Å². The van der Waals surface area contributed by atoms with Gasteiger partial charge in [-0.2, -0.15) is 4.98 Å². The second kappa shape index (κ2) is 7.12. The molecule has 0 bridgehead atoms. The maximum absolute atomic E-state index is 12.6. The third kappa shape index (κ3) is 3.54. The van der Waals surface area contributed by atoms with Gasteiger partial charge in [0.2, 0.25) is 5.95 Å². The van der Waals surface area contributed by atoms with E-state index in [1.807, 2.05) is 16.8 Å². The smallest absolute Gasteiger partial charge is 0.252 e. The highest BCUT2D eigenvalue weighted by atomic mass is 16.1. The van der Waals surface area contributed by atoms with Gasteiger partial charge in [0.05, 0.1) is 0 Å². The fourth-order valence-corrected chi connectivity index (χ4v) is 4.14. The largest absolute Gasteiger partial charge is 0.351 e. The van der Waals surface area contributed by atoms with Gasteiger partial charge in [-0.05, 0) is 51.9 Å². The molecule has 2 aromatic heterocycles. The first-order valence-electron chi connectivity index (χ1n) is 9.54. The van der Waals surface area contributed by atoms with Gasteiger partial charge in [-0.25, -0.2) is 4.98 Å². The summed E-state index contributed by atoms with van der Waals surface area (Å²) in [7, 11) is 2.14. The lowest BCUT2D eigenvalue weighted by Crippen LogP contribution is -2.35. The minimum atomic E-state index is 0.0457. The van der Waals surface area contributed by atoms with Crippen LogP contribution in [0.15, 0.2) is 23.1 Å². The molecular formula is C19H27N5O. The predicted molar refractivity (Wildman–Crippen MR) is 100 cm³/mol. The third-order valence-electron chi connectivity index (χ3n) is 5.66. The second-order valence-electron chi connectivity index (χ2n) is 7.53. The normalized spacial score (nSPS) is 20.8. The van der Waals surface area contributed by atoms with Crippen molar-refractivity contribution in [3.8, 4) is 0 Å². The molecule has 6 heteroatoms. The van der Waals surface area contributed by atoms with Crippen molar-refractivity contribution < 1.29 is 0 Å². The molecule has 2 aromatic rings. The van der Waals surface area contributed by atoms with Crippen LogP contribution in [0.4, 0.5) is 5.95 Å². The Morgan fingerprint density at radius 2 is 1.84 bits per heavy atom. The van der Waals surface area contributed by atoms with Gasteiger partial charge in [-0.15, -0.1) is 0 Å². The van der Waals surface area contributed by atoms with Crippen molar-refractivity contribution in [2.45, 2.75) is 57.0 Å². The summed E-state index contributed by atoms with van der Waals surface area (Å²) in [5, 5.41) is 4.42. The molecule has 1 saturated heterocycles. The molecule has 3 heterocycles. The Morgan fingerprint density at radius 3 is 2.60 bits per heavy atom. The maximum atomic E-state index is 12.6. The Kier molecular flexibility index (Phi) is 4.70. The van der Waals surface area contributed by atoms with Crippen LogP contribution in [0.3, 0.4) is 0 Å². The lowest BCUT2D eigenvalue weighted by Gasteiger charge is -2.30. The summed E-state index contributed by atoms with van der Waals surface area (Å²) in [6, 6.07) is 4.18. The van der Waals surface area contributed by atoms with Gasteiger partial charge >= 0.3 is 0 Å². The summed E-state index contributed by atoms with van der Waals surface area (Å²) in [6.07, 6.45) is 10.0. The van der Waals surface area contributed by atoms with Crippen molar-refractivity contribution >= 4 is 17.0 Å². The van der Waals surface area contributed by atoms with Crippen molar-refractivity contribution in [1.29, 1.82) is 0 Å². The van der Waals surface area contributed by atoms with Crippen LogP contribution in [-0.2, 0) is 0 Å². The number of nitrogens with zero attached hydrogens (tertiary/aromatic N) is 4. The number of anilines is 1. The van der Waals surface area contributed by atoms with Gasteiger partial charge in [-0.3, -0.25) is 9.36 Å². The van der Waals surface area contributed by atoms with Crippen LogP contribution in [0.5, 0.6) is 0 Å². The fraction of sp³-hybridized carbons (Fsp3) is 0.632. The standard InChI is InChI=1S/C19H27N5O/c1-23-11-9-16(10-12-23)24-17(25)8-7-14-13-20-19(22-18(14)24)21-15-5-3-2-4-6-15/h7-8,13,15-16H,2-6,9-12H2,1H3,(H,20,21,22). The summed E-state index contributed by atoms with van der Waals surface area (Å²) in [5.41, 5.74) is 0.819. The minimum absolute atomic E-state index is 0.0457. The van der Waals surface area contributed by atoms with Gasteiger partial charge in [0, 0.05) is 29.7 Å². The van der Waals surface area contributed by atoms with E-state index in [-0.39, 0.29) is 11.6 Å². The van der Waals surface area contributed by atoms with Crippen molar-refractivity contribution in [3.63, 3.8) is 0 Å². The minimum Gasteiger partial charge on any atom is -0.351 e. The van der Waals surface area contributed by atoms with E-state index >= 15 is 0 Å². The van der Waals surface area contributed by atoms with E-state index in [2.05, 4.69) is 22.2 Å². The van der Waals surface area contributed by atoms with Crippen LogP contribution >= 0.6 is 0 Å². The SMILES string of the molecule is CN1CCC(n2c(=O)ccc3cnc(NC4CCCCC4)nc32)CC1. The van der Waals surface area contributed by atoms with E-state index in [9.17, 15) is 4.79 Å². The van der Waals surface area contributed by atoms with E-state index in [0.717, 1.165) is 37.0 Å². The Morgan fingerprint density at radius 1 is 1.08 bits per heavy atom. The van der Waals surface area contributed by atoms with Crippen molar-refractivity contribution in [2.24, 2.45) is 0 Å². The van der Waals surface area contributed by atoms with E-state index in [0.29, 0.717) is 12.0 Å². The van der Waals surface area contributed by atoms with E-state index < -0.39 is 0 Å². The van der Waals surface area contributed by atoms with Crippen LogP contribution in [0.1, 0.15) is 51.0 Å². The maximum Gasteiger partial charge on any atom is 0.252 e.